The Hall–Kier alpha value is -4.34. The van der Waals surface area contributed by atoms with E-state index in [4.69, 9.17) is 4.42 Å². The molecule has 0 bridgehead atoms. The highest BCUT2D eigenvalue weighted by Crippen LogP contribution is 2.37. The van der Waals surface area contributed by atoms with Crippen molar-refractivity contribution < 1.29 is 4.42 Å². The third-order valence-corrected chi connectivity index (χ3v) is 8.06. The van der Waals surface area contributed by atoms with Gasteiger partial charge in [0.25, 0.3) is 0 Å². The Morgan fingerprint density at radius 2 is 1.18 bits per heavy atom. The van der Waals surface area contributed by atoms with Gasteiger partial charge in [-0.3, -0.25) is 0 Å². The van der Waals surface area contributed by atoms with Crippen molar-refractivity contribution in [2.45, 2.75) is 12.5 Å². The van der Waals surface area contributed by atoms with E-state index in [0.717, 1.165) is 44.2 Å². The maximum absolute atomic E-state index is 6.24. The molecule has 0 spiro atoms. The van der Waals surface area contributed by atoms with Crippen LogP contribution in [0, 0.1) is 0 Å². The summed E-state index contributed by atoms with van der Waals surface area (Å²) in [5, 5.41) is 2.29. The second-order valence-corrected chi connectivity index (χ2v) is 10.8. The third kappa shape index (κ3) is 4.60. The number of nitrogens with zero attached hydrogens (tertiary/aromatic N) is 1. The second kappa shape index (κ2) is 10.1. The fourth-order valence-electron chi connectivity index (χ4n) is 5.47. The fraction of sp³-hybridized carbons (Fsp3) is 0.0556. The molecule has 188 valence electrons. The van der Waals surface area contributed by atoms with Gasteiger partial charge in [-0.1, -0.05) is 119 Å². The molecule has 0 saturated heterocycles. The monoisotopic (exact) mass is 567 g/mol. The lowest BCUT2D eigenvalue weighted by Gasteiger charge is -2.33. The lowest BCUT2D eigenvalue weighted by atomic mass is 9.99. The van der Waals surface area contributed by atoms with Crippen LogP contribution in [0.3, 0.4) is 0 Å². The molecular formula is C36H26BrNO. The molecule has 0 aliphatic heterocycles. The third-order valence-electron chi connectivity index (χ3n) is 7.47. The van der Waals surface area contributed by atoms with Crippen LogP contribution >= 0.6 is 15.9 Å². The van der Waals surface area contributed by atoms with E-state index in [1.807, 2.05) is 12.1 Å². The van der Waals surface area contributed by atoms with E-state index in [1.54, 1.807) is 0 Å². The van der Waals surface area contributed by atoms with Gasteiger partial charge in [0.15, 0.2) is 0 Å². The molecule has 7 rings (SSSR count). The standard InChI is InChI=1S/C36H26BrNO/c37-29-16-20-31(21-17-29)38(32-22-23-34-33-8-4-5-9-35(33)39-36(34)24-32)30-18-14-28(15-19-30)27-12-10-26(11-13-27)25-6-2-1-3-7-25/h1-20,22-24,31H,21H2. The SMILES string of the molecule is BrC1=CCC(N(c2ccc(-c3ccc(-c4ccccc4)cc3)cc2)c2ccc3c(c2)oc2ccccc23)C=C1. The van der Waals surface area contributed by atoms with Crippen molar-refractivity contribution in [1.82, 2.24) is 0 Å². The lowest BCUT2D eigenvalue weighted by molar-refractivity contribution is 0.668. The van der Waals surface area contributed by atoms with Crippen LogP contribution in [0.1, 0.15) is 6.42 Å². The molecule has 1 heterocycles. The number of rotatable bonds is 5. The van der Waals surface area contributed by atoms with Crippen LogP contribution in [-0.4, -0.2) is 6.04 Å². The number of benzene rings is 5. The first-order chi connectivity index (χ1) is 19.2. The van der Waals surface area contributed by atoms with Crippen LogP contribution in [0.15, 0.2) is 148 Å². The van der Waals surface area contributed by atoms with Crippen molar-refractivity contribution in [3.8, 4) is 22.3 Å². The lowest BCUT2D eigenvalue weighted by Crippen LogP contribution is -2.29. The van der Waals surface area contributed by atoms with Crippen molar-refractivity contribution in [2.75, 3.05) is 4.90 Å². The van der Waals surface area contributed by atoms with Crippen LogP contribution in [0.2, 0.25) is 0 Å². The van der Waals surface area contributed by atoms with Crippen molar-refractivity contribution >= 4 is 49.2 Å². The first kappa shape index (κ1) is 23.8. The Labute approximate surface area is 236 Å². The van der Waals surface area contributed by atoms with Crippen LogP contribution in [-0.2, 0) is 0 Å². The summed E-state index contributed by atoms with van der Waals surface area (Å²) in [5.41, 5.74) is 8.96. The first-order valence-corrected chi connectivity index (χ1v) is 14.0. The maximum atomic E-state index is 6.24. The predicted octanol–water partition coefficient (Wildman–Crippen LogP) is 10.7. The normalized spacial score (nSPS) is 15.0. The molecule has 2 nitrogen and oxygen atoms in total. The van der Waals surface area contributed by atoms with E-state index < -0.39 is 0 Å². The molecule has 39 heavy (non-hydrogen) atoms. The Balaban J connectivity index is 1.24. The number of hydrogen-bond donors (Lipinski definition) is 0. The molecule has 0 N–H and O–H groups in total. The maximum Gasteiger partial charge on any atom is 0.137 e. The summed E-state index contributed by atoms with van der Waals surface area (Å²) in [6.07, 6.45) is 7.56. The number of hydrogen-bond acceptors (Lipinski definition) is 2. The van der Waals surface area contributed by atoms with Gasteiger partial charge in [-0.05, 0) is 59.0 Å². The van der Waals surface area contributed by atoms with Crippen LogP contribution in [0.4, 0.5) is 11.4 Å². The first-order valence-electron chi connectivity index (χ1n) is 13.2. The number of halogens is 1. The number of allylic oxidation sites excluding steroid dienone is 2. The quantitative estimate of drug-likeness (QED) is 0.206. The fourth-order valence-corrected chi connectivity index (χ4v) is 5.81. The summed E-state index contributed by atoms with van der Waals surface area (Å²) in [7, 11) is 0. The summed E-state index contributed by atoms with van der Waals surface area (Å²) in [6, 6.07) is 43.2. The molecule has 0 saturated carbocycles. The molecule has 1 atom stereocenters. The largest absolute Gasteiger partial charge is 0.456 e. The number of furan rings is 1. The van der Waals surface area contributed by atoms with Gasteiger partial charge >= 0.3 is 0 Å². The van der Waals surface area contributed by atoms with Gasteiger partial charge in [0, 0.05) is 32.7 Å². The minimum Gasteiger partial charge on any atom is -0.456 e. The number of para-hydroxylation sites is 1. The van der Waals surface area contributed by atoms with Gasteiger partial charge < -0.3 is 9.32 Å². The average molecular weight is 569 g/mol. The zero-order chi connectivity index (χ0) is 26.2. The van der Waals surface area contributed by atoms with Gasteiger partial charge in [-0.25, -0.2) is 0 Å². The number of anilines is 2. The van der Waals surface area contributed by atoms with Crippen LogP contribution in [0.5, 0.6) is 0 Å². The summed E-state index contributed by atoms with van der Waals surface area (Å²) in [5.74, 6) is 0. The smallest absolute Gasteiger partial charge is 0.137 e. The van der Waals surface area contributed by atoms with Gasteiger partial charge in [-0.2, -0.15) is 0 Å². The highest BCUT2D eigenvalue weighted by atomic mass is 79.9. The van der Waals surface area contributed by atoms with E-state index in [0.29, 0.717) is 0 Å². The van der Waals surface area contributed by atoms with Crippen LogP contribution in [0.25, 0.3) is 44.2 Å². The Bertz CT molecular complexity index is 1830. The molecule has 0 radical (unpaired) electrons. The van der Waals surface area contributed by atoms with Gasteiger partial charge in [0.05, 0.1) is 6.04 Å². The highest BCUT2D eigenvalue weighted by Gasteiger charge is 2.21. The van der Waals surface area contributed by atoms with E-state index in [-0.39, 0.29) is 6.04 Å². The molecule has 1 aromatic heterocycles. The molecule has 1 aliphatic carbocycles. The minimum absolute atomic E-state index is 0.198. The molecule has 0 fully saturated rings. The Morgan fingerprint density at radius 3 is 1.87 bits per heavy atom. The van der Waals surface area contributed by atoms with Gasteiger partial charge in [0.2, 0.25) is 0 Å². The Morgan fingerprint density at radius 1 is 0.590 bits per heavy atom. The van der Waals surface area contributed by atoms with Crippen molar-refractivity contribution in [3.05, 3.63) is 144 Å². The zero-order valence-corrected chi connectivity index (χ0v) is 22.9. The van der Waals surface area contributed by atoms with Crippen molar-refractivity contribution in [2.24, 2.45) is 0 Å². The molecule has 0 amide bonds. The van der Waals surface area contributed by atoms with E-state index in [1.165, 1.54) is 22.3 Å². The molecule has 5 aromatic carbocycles. The van der Waals surface area contributed by atoms with E-state index in [2.05, 4.69) is 148 Å². The zero-order valence-electron chi connectivity index (χ0n) is 21.3. The second-order valence-electron chi connectivity index (χ2n) is 9.89. The van der Waals surface area contributed by atoms with Crippen LogP contribution < -0.4 is 4.90 Å². The highest BCUT2D eigenvalue weighted by molar-refractivity contribution is 9.11. The van der Waals surface area contributed by atoms with Gasteiger partial charge in [-0.15, -0.1) is 0 Å². The van der Waals surface area contributed by atoms with Crippen molar-refractivity contribution in [3.63, 3.8) is 0 Å². The van der Waals surface area contributed by atoms with Crippen molar-refractivity contribution in [1.29, 1.82) is 0 Å². The number of fused-ring (bicyclic) bond motifs is 3. The predicted molar refractivity (Wildman–Crippen MR) is 168 cm³/mol. The van der Waals surface area contributed by atoms with Gasteiger partial charge in [0.1, 0.15) is 11.2 Å². The molecule has 3 heteroatoms. The average Bonchev–Trinajstić information content (AvgIpc) is 3.37. The summed E-state index contributed by atoms with van der Waals surface area (Å²) in [4.78, 5) is 2.40. The minimum atomic E-state index is 0.198. The summed E-state index contributed by atoms with van der Waals surface area (Å²) in [6.45, 7) is 0. The molecule has 6 aromatic rings. The Kier molecular flexibility index (Phi) is 6.14. The van der Waals surface area contributed by atoms with E-state index >= 15 is 0 Å². The van der Waals surface area contributed by atoms with E-state index in [9.17, 15) is 0 Å². The summed E-state index contributed by atoms with van der Waals surface area (Å²) >= 11 is 3.63. The molecule has 1 aliphatic rings. The molecular weight excluding hydrogens is 542 g/mol. The summed E-state index contributed by atoms with van der Waals surface area (Å²) < 4.78 is 7.36. The topological polar surface area (TPSA) is 16.4 Å². The molecule has 1 unspecified atom stereocenters.